The fraction of sp³-hybridized carbons (Fsp3) is 0.839. The van der Waals surface area contributed by atoms with Crippen molar-refractivity contribution in [2.24, 2.45) is 0 Å². The van der Waals surface area contributed by atoms with Crippen LogP contribution in [0.4, 0.5) is 0 Å². The van der Waals surface area contributed by atoms with Crippen molar-refractivity contribution in [3.63, 3.8) is 0 Å². The van der Waals surface area contributed by atoms with Gasteiger partial charge in [0.25, 0.3) is 0 Å². The molecule has 0 aliphatic heterocycles. The van der Waals surface area contributed by atoms with Crippen molar-refractivity contribution in [3.05, 3.63) is 36.5 Å². The Morgan fingerprint density at radius 2 is 0.875 bits per heavy atom. The lowest BCUT2D eigenvalue weighted by atomic mass is 10.0. The maximum absolute atomic E-state index is 12.8. The second-order valence-corrected chi connectivity index (χ2v) is 19.5. The monoisotopic (exact) mass is 903 g/mol. The van der Waals surface area contributed by atoms with Gasteiger partial charge in [-0.15, -0.1) is 0 Å². The third-order valence-electron chi connectivity index (χ3n) is 12.3. The zero-order chi connectivity index (χ0) is 47.0. The number of quaternary nitrogens is 1. The Kier molecular flexibility index (Phi) is 45.3. The predicted octanol–water partition coefficient (Wildman–Crippen LogP) is 15.8. The highest BCUT2D eigenvalue weighted by atomic mass is 16.6. The molecule has 8 nitrogen and oxygen atoms in total. The standard InChI is InChI=1S/C56H103NO7/c1-6-8-10-12-14-16-18-20-22-24-26-27-29-30-32-34-36-38-40-42-44-46-54(58)63-51-52(50-62-49-48-53(56(60)61)57(3,4)5)64-55(59)47-45-43-41-39-37-35-33-31-28-25-23-21-19-17-15-13-11-9-7-2/h9,11,15,17,21,23,52-53H,6-8,10,12-14,16,18-20,22,24-51H2,1-5H3/p+1/b11-9+,17-15+,23-21+. The second kappa shape index (κ2) is 47.1. The van der Waals surface area contributed by atoms with E-state index in [1.165, 1.54) is 154 Å². The Hall–Kier alpha value is -2.45. The number of rotatable bonds is 49. The number of carboxylic acids is 1. The molecular formula is C56H104NO7+. The average molecular weight is 903 g/mol. The van der Waals surface area contributed by atoms with Crippen LogP contribution in [0.1, 0.15) is 251 Å². The van der Waals surface area contributed by atoms with Crippen LogP contribution in [0.25, 0.3) is 0 Å². The number of hydrogen-bond donors (Lipinski definition) is 1. The number of nitrogens with zero attached hydrogens (tertiary/aromatic N) is 1. The Morgan fingerprint density at radius 1 is 0.484 bits per heavy atom. The molecule has 0 rings (SSSR count). The molecule has 0 aromatic rings. The molecule has 0 aromatic carbocycles. The van der Waals surface area contributed by atoms with Gasteiger partial charge in [0, 0.05) is 19.3 Å². The minimum absolute atomic E-state index is 0.0493. The molecule has 0 amide bonds. The fourth-order valence-electron chi connectivity index (χ4n) is 8.17. The van der Waals surface area contributed by atoms with E-state index in [9.17, 15) is 19.5 Å². The lowest BCUT2D eigenvalue weighted by molar-refractivity contribution is -0.887. The van der Waals surface area contributed by atoms with Crippen LogP contribution < -0.4 is 0 Å². The van der Waals surface area contributed by atoms with Crippen LogP contribution in [0.3, 0.4) is 0 Å². The van der Waals surface area contributed by atoms with Gasteiger partial charge in [0.2, 0.25) is 0 Å². The van der Waals surface area contributed by atoms with Crippen LogP contribution in [-0.4, -0.2) is 80.6 Å². The molecule has 0 spiro atoms. The van der Waals surface area contributed by atoms with Crippen LogP contribution in [0.2, 0.25) is 0 Å². The fourth-order valence-corrected chi connectivity index (χ4v) is 8.17. The van der Waals surface area contributed by atoms with Gasteiger partial charge >= 0.3 is 17.9 Å². The summed E-state index contributed by atoms with van der Waals surface area (Å²) in [6, 6.07) is -0.615. The number of unbranched alkanes of at least 4 members (excludes halogenated alkanes) is 29. The smallest absolute Gasteiger partial charge is 0.362 e. The lowest BCUT2D eigenvalue weighted by Gasteiger charge is -2.31. The van der Waals surface area contributed by atoms with E-state index >= 15 is 0 Å². The number of carbonyl (C=O) groups excluding carboxylic acids is 2. The first-order chi connectivity index (χ1) is 31.1. The van der Waals surface area contributed by atoms with Gasteiger partial charge in [0.15, 0.2) is 12.1 Å². The molecule has 0 aliphatic rings. The summed E-state index contributed by atoms with van der Waals surface area (Å²) in [6.45, 7) is 4.67. The van der Waals surface area contributed by atoms with Gasteiger partial charge in [-0.25, -0.2) is 4.79 Å². The first kappa shape index (κ1) is 61.5. The van der Waals surface area contributed by atoms with Crippen molar-refractivity contribution in [1.82, 2.24) is 0 Å². The van der Waals surface area contributed by atoms with Gasteiger partial charge in [-0.05, 0) is 44.9 Å². The summed E-state index contributed by atoms with van der Waals surface area (Å²) in [5, 5.41) is 9.66. The van der Waals surface area contributed by atoms with Gasteiger partial charge in [-0.1, -0.05) is 224 Å². The van der Waals surface area contributed by atoms with Crippen LogP contribution in [0, 0.1) is 0 Å². The molecule has 0 saturated heterocycles. The second-order valence-electron chi connectivity index (χ2n) is 19.5. The summed E-state index contributed by atoms with van der Waals surface area (Å²) in [7, 11) is 5.54. The third kappa shape index (κ3) is 44.7. The molecule has 8 heteroatoms. The number of allylic oxidation sites excluding steroid dienone is 6. The van der Waals surface area contributed by atoms with E-state index in [2.05, 4.69) is 50.3 Å². The minimum Gasteiger partial charge on any atom is -0.477 e. The molecule has 0 aromatic heterocycles. The quantitative estimate of drug-likeness (QED) is 0.0281. The number of carboxylic acid groups (broad SMARTS) is 1. The highest BCUT2D eigenvalue weighted by Crippen LogP contribution is 2.17. The third-order valence-corrected chi connectivity index (χ3v) is 12.3. The van der Waals surface area contributed by atoms with Crippen LogP contribution in [-0.2, 0) is 28.6 Å². The number of hydrogen-bond acceptors (Lipinski definition) is 6. The predicted molar refractivity (Wildman–Crippen MR) is 271 cm³/mol. The molecule has 0 aliphatic carbocycles. The van der Waals surface area contributed by atoms with Crippen LogP contribution in [0.15, 0.2) is 36.5 Å². The first-order valence-corrected chi connectivity index (χ1v) is 27.0. The summed E-state index contributed by atoms with van der Waals surface area (Å²) in [5.74, 6) is -1.46. The summed E-state index contributed by atoms with van der Waals surface area (Å²) in [6.07, 6.45) is 56.3. The van der Waals surface area contributed by atoms with Crippen LogP contribution >= 0.6 is 0 Å². The molecule has 2 unspecified atom stereocenters. The number of esters is 2. The van der Waals surface area contributed by atoms with Crippen molar-refractivity contribution in [2.75, 3.05) is 41.0 Å². The number of ether oxygens (including phenoxy) is 3. The van der Waals surface area contributed by atoms with Crippen molar-refractivity contribution in [2.45, 2.75) is 264 Å². The van der Waals surface area contributed by atoms with E-state index in [1.54, 1.807) is 0 Å². The zero-order valence-corrected chi connectivity index (χ0v) is 42.7. The summed E-state index contributed by atoms with van der Waals surface area (Å²) < 4.78 is 17.4. The molecule has 0 saturated carbocycles. The number of aliphatic carboxylic acids is 1. The SMILES string of the molecule is CC/C=C/C/C=C/C/C=C/CCCCCCCCCCCC(=O)OC(COCCC(C(=O)O)[N+](C)(C)C)COC(=O)CCCCCCCCCCCCCCCCCCCCCCC. The van der Waals surface area contributed by atoms with E-state index in [-0.39, 0.29) is 36.2 Å². The van der Waals surface area contributed by atoms with Gasteiger partial charge < -0.3 is 23.8 Å². The largest absolute Gasteiger partial charge is 0.477 e. The Labute approximate surface area is 395 Å². The molecule has 0 heterocycles. The Morgan fingerprint density at radius 3 is 1.30 bits per heavy atom. The van der Waals surface area contributed by atoms with E-state index < -0.39 is 18.1 Å². The zero-order valence-electron chi connectivity index (χ0n) is 42.7. The number of likely N-dealkylation sites (N-methyl/N-ethyl adjacent to an activating group) is 1. The topological polar surface area (TPSA) is 99.1 Å². The first-order valence-electron chi connectivity index (χ1n) is 27.0. The Balaban J connectivity index is 4.18. The van der Waals surface area contributed by atoms with E-state index in [0.717, 1.165) is 64.2 Å². The normalized spacial score (nSPS) is 13.1. The highest BCUT2D eigenvalue weighted by molar-refractivity contribution is 5.72. The van der Waals surface area contributed by atoms with E-state index in [1.807, 2.05) is 21.1 Å². The molecule has 1 N–H and O–H groups in total. The molecule has 0 radical (unpaired) electrons. The van der Waals surface area contributed by atoms with Crippen molar-refractivity contribution >= 4 is 17.9 Å². The average Bonchev–Trinajstić information content (AvgIpc) is 3.26. The highest BCUT2D eigenvalue weighted by Gasteiger charge is 2.31. The minimum atomic E-state index is -0.873. The Bertz CT molecular complexity index is 1140. The molecule has 2 atom stereocenters. The van der Waals surface area contributed by atoms with Crippen molar-refractivity contribution in [1.29, 1.82) is 0 Å². The van der Waals surface area contributed by atoms with E-state index in [0.29, 0.717) is 19.3 Å². The van der Waals surface area contributed by atoms with Gasteiger partial charge in [0.1, 0.15) is 6.61 Å². The van der Waals surface area contributed by atoms with Crippen molar-refractivity contribution < 1.29 is 38.2 Å². The summed E-state index contributed by atoms with van der Waals surface area (Å²) in [5.41, 5.74) is 0. The lowest BCUT2D eigenvalue weighted by Crippen LogP contribution is -2.50. The maximum Gasteiger partial charge on any atom is 0.362 e. The molecule has 0 fully saturated rings. The molecule has 64 heavy (non-hydrogen) atoms. The summed E-state index contributed by atoms with van der Waals surface area (Å²) in [4.78, 5) is 37.2. The number of carbonyl (C=O) groups is 3. The van der Waals surface area contributed by atoms with Gasteiger partial charge in [-0.2, -0.15) is 0 Å². The van der Waals surface area contributed by atoms with Gasteiger partial charge in [-0.3, -0.25) is 9.59 Å². The van der Waals surface area contributed by atoms with Crippen LogP contribution in [0.5, 0.6) is 0 Å². The summed E-state index contributed by atoms with van der Waals surface area (Å²) >= 11 is 0. The van der Waals surface area contributed by atoms with E-state index in [4.69, 9.17) is 14.2 Å². The molecule has 374 valence electrons. The molecular weight excluding hydrogens is 799 g/mol. The maximum atomic E-state index is 12.8. The van der Waals surface area contributed by atoms with Crippen molar-refractivity contribution in [3.8, 4) is 0 Å². The molecule has 0 bridgehead atoms. The van der Waals surface area contributed by atoms with Gasteiger partial charge in [0.05, 0.1) is 34.4 Å².